The zero-order valence-corrected chi connectivity index (χ0v) is 18.3. The van der Waals surface area contributed by atoms with Crippen molar-refractivity contribution in [2.45, 2.75) is 36.6 Å². The van der Waals surface area contributed by atoms with Crippen LogP contribution in [0.4, 0.5) is 5.69 Å². The summed E-state index contributed by atoms with van der Waals surface area (Å²) in [5.41, 5.74) is 1.40. The maximum absolute atomic E-state index is 12.9. The van der Waals surface area contributed by atoms with Crippen LogP contribution in [0.15, 0.2) is 53.4 Å². The molecule has 0 aromatic heterocycles. The first-order valence-electron chi connectivity index (χ1n) is 10.4. The summed E-state index contributed by atoms with van der Waals surface area (Å²) in [6.07, 6.45) is 3.37. The Morgan fingerprint density at radius 2 is 1.63 bits per heavy atom. The molecule has 4 rings (SSSR count). The number of sulfonamides is 1. The Hall–Kier alpha value is -2.09. The van der Waals surface area contributed by atoms with E-state index in [2.05, 4.69) is 22.3 Å². The number of nitrogens with one attached hydrogen (secondary N) is 1. The third-order valence-corrected chi connectivity index (χ3v) is 8.06. The standard InChI is InChI=1S/C22H26ClN3O3S/c23-21-9-8-19(30(28,29)26-12-4-5-13-26)16-20(21)22(27)24-17-10-14-25(15-11-17)18-6-2-1-3-7-18/h1-3,6-9,16-17H,4-5,10-15H2,(H,24,27). The van der Waals surface area contributed by atoms with Gasteiger partial charge < -0.3 is 10.2 Å². The molecular weight excluding hydrogens is 422 g/mol. The lowest BCUT2D eigenvalue weighted by molar-refractivity contribution is 0.0931. The third-order valence-electron chi connectivity index (χ3n) is 5.84. The molecular formula is C22H26ClN3O3S. The van der Waals surface area contributed by atoms with Gasteiger partial charge in [-0.25, -0.2) is 8.42 Å². The lowest BCUT2D eigenvalue weighted by atomic mass is 10.0. The molecule has 1 N–H and O–H groups in total. The minimum Gasteiger partial charge on any atom is -0.371 e. The van der Waals surface area contributed by atoms with Crippen LogP contribution < -0.4 is 10.2 Å². The summed E-state index contributed by atoms with van der Waals surface area (Å²) in [6.45, 7) is 2.75. The molecule has 0 aliphatic carbocycles. The lowest BCUT2D eigenvalue weighted by Crippen LogP contribution is -2.44. The van der Waals surface area contributed by atoms with E-state index in [1.165, 1.54) is 28.2 Å². The Bertz CT molecular complexity index is 1000. The molecule has 2 saturated heterocycles. The maximum atomic E-state index is 12.9. The number of hydrogen-bond acceptors (Lipinski definition) is 4. The molecule has 2 aromatic rings. The Morgan fingerprint density at radius 1 is 0.967 bits per heavy atom. The Labute approximate surface area is 182 Å². The number of piperidine rings is 1. The van der Waals surface area contributed by atoms with Gasteiger partial charge in [0.25, 0.3) is 5.91 Å². The van der Waals surface area contributed by atoms with E-state index in [9.17, 15) is 13.2 Å². The third kappa shape index (κ3) is 4.48. The summed E-state index contributed by atoms with van der Waals surface area (Å²) in [5, 5.41) is 3.30. The molecule has 2 heterocycles. The largest absolute Gasteiger partial charge is 0.371 e. The fourth-order valence-corrected chi connectivity index (χ4v) is 5.85. The van der Waals surface area contributed by atoms with E-state index in [4.69, 9.17) is 11.6 Å². The van der Waals surface area contributed by atoms with E-state index in [0.717, 1.165) is 38.8 Å². The van der Waals surface area contributed by atoms with Gasteiger partial charge in [0.2, 0.25) is 10.0 Å². The smallest absolute Gasteiger partial charge is 0.253 e. The number of carbonyl (C=O) groups is 1. The van der Waals surface area contributed by atoms with Crippen molar-refractivity contribution in [1.29, 1.82) is 0 Å². The van der Waals surface area contributed by atoms with Gasteiger partial charge in [-0.1, -0.05) is 29.8 Å². The average Bonchev–Trinajstić information content (AvgIpc) is 3.31. The predicted molar refractivity (Wildman–Crippen MR) is 119 cm³/mol. The van der Waals surface area contributed by atoms with Gasteiger partial charge in [0, 0.05) is 37.9 Å². The van der Waals surface area contributed by atoms with Gasteiger partial charge in [-0.3, -0.25) is 4.79 Å². The number of nitrogens with zero attached hydrogens (tertiary/aromatic N) is 2. The van der Waals surface area contributed by atoms with E-state index in [0.29, 0.717) is 13.1 Å². The van der Waals surface area contributed by atoms with Crippen LogP contribution in [0, 0.1) is 0 Å². The fraction of sp³-hybridized carbons (Fsp3) is 0.409. The summed E-state index contributed by atoms with van der Waals surface area (Å²) in [5.74, 6) is -0.323. The van der Waals surface area contributed by atoms with E-state index in [-0.39, 0.29) is 27.4 Å². The Morgan fingerprint density at radius 3 is 2.30 bits per heavy atom. The van der Waals surface area contributed by atoms with Crippen molar-refractivity contribution in [2.75, 3.05) is 31.1 Å². The number of amides is 1. The number of anilines is 1. The van der Waals surface area contributed by atoms with Gasteiger partial charge in [0.1, 0.15) is 0 Å². The second-order valence-corrected chi connectivity index (χ2v) is 10.2. The average molecular weight is 448 g/mol. The second kappa shape index (κ2) is 8.96. The van der Waals surface area contributed by atoms with Crippen LogP contribution in [0.5, 0.6) is 0 Å². The number of halogens is 1. The van der Waals surface area contributed by atoms with Gasteiger partial charge in [0.15, 0.2) is 0 Å². The molecule has 0 saturated carbocycles. The highest BCUT2D eigenvalue weighted by Gasteiger charge is 2.29. The lowest BCUT2D eigenvalue weighted by Gasteiger charge is -2.34. The molecule has 30 heavy (non-hydrogen) atoms. The van der Waals surface area contributed by atoms with Crippen molar-refractivity contribution in [2.24, 2.45) is 0 Å². The summed E-state index contributed by atoms with van der Waals surface area (Å²) >= 11 is 6.24. The molecule has 0 bridgehead atoms. The van der Waals surface area contributed by atoms with Crippen LogP contribution in [0.25, 0.3) is 0 Å². The van der Waals surface area contributed by atoms with Gasteiger partial charge in [-0.15, -0.1) is 0 Å². The molecule has 0 atom stereocenters. The molecule has 1 amide bonds. The Balaban J connectivity index is 1.42. The SMILES string of the molecule is O=C(NC1CCN(c2ccccc2)CC1)c1cc(S(=O)(=O)N2CCCC2)ccc1Cl. The molecule has 0 unspecified atom stereocenters. The highest BCUT2D eigenvalue weighted by molar-refractivity contribution is 7.89. The number of para-hydroxylation sites is 1. The first-order valence-corrected chi connectivity index (χ1v) is 12.2. The van der Waals surface area contributed by atoms with Crippen LogP contribution in [0.3, 0.4) is 0 Å². The van der Waals surface area contributed by atoms with Crippen molar-refractivity contribution in [3.8, 4) is 0 Å². The van der Waals surface area contributed by atoms with E-state index in [1.807, 2.05) is 18.2 Å². The van der Waals surface area contributed by atoms with Gasteiger partial charge in [-0.2, -0.15) is 4.31 Å². The first-order chi connectivity index (χ1) is 14.4. The van der Waals surface area contributed by atoms with E-state index < -0.39 is 10.0 Å². The normalized spacial score (nSPS) is 18.5. The summed E-state index contributed by atoms with van der Waals surface area (Å²) in [6, 6.07) is 14.6. The van der Waals surface area contributed by atoms with Crippen LogP contribution in [0.2, 0.25) is 5.02 Å². The molecule has 2 aliphatic rings. The van der Waals surface area contributed by atoms with Crippen molar-refractivity contribution in [1.82, 2.24) is 9.62 Å². The van der Waals surface area contributed by atoms with E-state index in [1.54, 1.807) is 0 Å². The molecule has 0 spiro atoms. The topological polar surface area (TPSA) is 69.7 Å². The zero-order chi connectivity index (χ0) is 21.1. The minimum atomic E-state index is -3.59. The highest BCUT2D eigenvalue weighted by Crippen LogP contribution is 2.26. The van der Waals surface area contributed by atoms with Crippen molar-refractivity contribution < 1.29 is 13.2 Å². The van der Waals surface area contributed by atoms with Crippen molar-refractivity contribution in [3.63, 3.8) is 0 Å². The van der Waals surface area contributed by atoms with Gasteiger partial charge in [-0.05, 0) is 56.0 Å². The van der Waals surface area contributed by atoms with Gasteiger partial charge >= 0.3 is 0 Å². The second-order valence-electron chi connectivity index (χ2n) is 7.82. The summed E-state index contributed by atoms with van der Waals surface area (Å²) in [4.78, 5) is 15.3. The van der Waals surface area contributed by atoms with Crippen molar-refractivity contribution >= 4 is 33.2 Å². The fourth-order valence-electron chi connectivity index (χ4n) is 4.10. The first kappa shape index (κ1) is 21.2. The monoisotopic (exact) mass is 447 g/mol. The number of rotatable bonds is 5. The van der Waals surface area contributed by atoms with E-state index >= 15 is 0 Å². The molecule has 6 nitrogen and oxygen atoms in total. The number of hydrogen-bond donors (Lipinski definition) is 1. The Kier molecular flexibility index (Phi) is 6.32. The zero-order valence-electron chi connectivity index (χ0n) is 16.8. The summed E-state index contributed by atoms with van der Waals surface area (Å²) < 4.78 is 27.1. The van der Waals surface area contributed by atoms with Gasteiger partial charge in [0.05, 0.1) is 15.5 Å². The molecule has 2 aromatic carbocycles. The van der Waals surface area contributed by atoms with Crippen LogP contribution in [-0.2, 0) is 10.0 Å². The molecule has 0 radical (unpaired) electrons. The highest BCUT2D eigenvalue weighted by atomic mass is 35.5. The van der Waals surface area contributed by atoms with Crippen molar-refractivity contribution in [3.05, 3.63) is 59.1 Å². The molecule has 160 valence electrons. The molecule has 2 fully saturated rings. The van der Waals surface area contributed by atoms with Crippen LogP contribution in [-0.4, -0.2) is 50.9 Å². The maximum Gasteiger partial charge on any atom is 0.253 e. The number of benzene rings is 2. The number of carbonyl (C=O) groups excluding carboxylic acids is 1. The summed E-state index contributed by atoms with van der Waals surface area (Å²) in [7, 11) is -3.59. The van der Waals surface area contributed by atoms with Crippen LogP contribution in [0.1, 0.15) is 36.0 Å². The van der Waals surface area contributed by atoms with Crippen LogP contribution >= 0.6 is 11.6 Å². The quantitative estimate of drug-likeness (QED) is 0.761. The molecule has 8 heteroatoms. The molecule has 2 aliphatic heterocycles. The predicted octanol–water partition coefficient (Wildman–Crippen LogP) is 3.52. The minimum absolute atomic E-state index is 0.0346.